The van der Waals surface area contributed by atoms with E-state index >= 15 is 0 Å². The van der Waals surface area contributed by atoms with Crippen molar-refractivity contribution in [3.8, 4) is 0 Å². The molecule has 0 amide bonds. The Morgan fingerprint density at radius 1 is 1.31 bits per heavy atom. The number of benzene rings is 1. The standard InChI is InChI=1S/C14H20ClN/c1-11-6-7-13(10-14(11)15)16-9-8-12-4-2-3-5-12/h6-7,10,12,16H,2-5,8-9H2,1H3. The molecule has 0 aromatic heterocycles. The highest BCUT2D eigenvalue weighted by atomic mass is 35.5. The van der Waals surface area contributed by atoms with Crippen LogP contribution in [-0.2, 0) is 0 Å². The van der Waals surface area contributed by atoms with Gasteiger partial charge in [0.05, 0.1) is 0 Å². The molecule has 2 rings (SSSR count). The molecule has 0 atom stereocenters. The minimum Gasteiger partial charge on any atom is -0.385 e. The van der Waals surface area contributed by atoms with Gasteiger partial charge in [-0.25, -0.2) is 0 Å². The number of halogens is 1. The number of aryl methyl sites for hydroxylation is 1. The molecule has 88 valence electrons. The van der Waals surface area contributed by atoms with Gasteiger partial charge in [0, 0.05) is 17.3 Å². The first-order valence-corrected chi connectivity index (χ1v) is 6.63. The predicted molar refractivity (Wildman–Crippen MR) is 71.3 cm³/mol. The zero-order valence-electron chi connectivity index (χ0n) is 9.93. The van der Waals surface area contributed by atoms with Crippen LogP contribution in [0.4, 0.5) is 5.69 Å². The van der Waals surface area contributed by atoms with Crippen LogP contribution in [0.1, 0.15) is 37.7 Å². The summed E-state index contributed by atoms with van der Waals surface area (Å²) >= 11 is 6.08. The molecule has 1 saturated carbocycles. The van der Waals surface area contributed by atoms with Crippen molar-refractivity contribution in [3.05, 3.63) is 28.8 Å². The zero-order chi connectivity index (χ0) is 11.4. The maximum absolute atomic E-state index is 6.08. The Morgan fingerprint density at radius 3 is 2.75 bits per heavy atom. The van der Waals surface area contributed by atoms with Gasteiger partial charge in [-0.3, -0.25) is 0 Å². The summed E-state index contributed by atoms with van der Waals surface area (Å²) < 4.78 is 0. The summed E-state index contributed by atoms with van der Waals surface area (Å²) in [4.78, 5) is 0. The Labute approximate surface area is 103 Å². The Morgan fingerprint density at radius 2 is 2.06 bits per heavy atom. The molecule has 16 heavy (non-hydrogen) atoms. The highest BCUT2D eigenvalue weighted by molar-refractivity contribution is 6.31. The van der Waals surface area contributed by atoms with Crippen molar-refractivity contribution in [1.29, 1.82) is 0 Å². The van der Waals surface area contributed by atoms with Crippen molar-refractivity contribution < 1.29 is 0 Å². The van der Waals surface area contributed by atoms with Crippen molar-refractivity contribution in [1.82, 2.24) is 0 Å². The zero-order valence-corrected chi connectivity index (χ0v) is 10.7. The van der Waals surface area contributed by atoms with E-state index in [0.29, 0.717) is 0 Å². The summed E-state index contributed by atoms with van der Waals surface area (Å²) in [7, 11) is 0. The Hall–Kier alpha value is -0.690. The summed E-state index contributed by atoms with van der Waals surface area (Å²) in [6.45, 7) is 3.11. The first-order valence-electron chi connectivity index (χ1n) is 6.26. The van der Waals surface area contributed by atoms with Crippen LogP contribution in [0, 0.1) is 12.8 Å². The van der Waals surface area contributed by atoms with Crippen LogP contribution in [0.25, 0.3) is 0 Å². The van der Waals surface area contributed by atoms with Crippen molar-refractivity contribution in [2.75, 3.05) is 11.9 Å². The van der Waals surface area contributed by atoms with E-state index in [9.17, 15) is 0 Å². The molecular formula is C14H20ClN. The fraction of sp³-hybridized carbons (Fsp3) is 0.571. The highest BCUT2D eigenvalue weighted by Crippen LogP contribution is 2.27. The molecule has 1 nitrogen and oxygen atoms in total. The van der Waals surface area contributed by atoms with Crippen LogP contribution in [0.2, 0.25) is 5.02 Å². The van der Waals surface area contributed by atoms with Gasteiger partial charge in [0.1, 0.15) is 0 Å². The van der Waals surface area contributed by atoms with Gasteiger partial charge in [-0.2, -0.15) is 0 Å². The van der Waals surface area contributed by atoms with E-state index in [-0.39, 0.29) is 0 Å². The highest BCUT2D eigenvalue weighted by Gasteiger charge is 2.13. The summed E-state index contributed by atoms with van der Waals surface area (Å²) in [6.07, 6.45) is 7.01. The molecular weight excluding hydrogens is 218 g/mol. The molecule has 1 aromatic carbocycles. The van der Waals surface area contributed by atoms with Crippen molar-refractivity contribution >= 4 is 17.3 Å². The summed E-state index contributed by atoms with van der Waals surface area (Å²) in [5.41, 5.74) is 2.29. The third-order valence-corrected chi connectivity index (χ3v) is 3.94. The van der Waals surface area contributed by atoms with Crippen LogP contribution in [-0.4, -0.2) is 6.54 Å². The molecule has 1 aliphatic rings. The largest absolute Gasteiger partial charge is 0.385 e. The molecule has 0 radical (unpaired) electrons. The van der Waals surface area contributed by atoms with E-state index in [1.165, 1.54) is 32.1 Å². The molecule has 0 bridgehead atoms. The second kappa shape index (κ2) is 5.58. The fourth-order valence-electron chi connectivity index (χ4n) is 2.42. The lowest BCUT2D eigenvalue weighted by Crippen LogP contribution is -2.06. The van der Waals surface area contributed by atoms with E-state index in [1.807, 2.05) is 13.0 Å². The third kappa shape index (κ3) is 3.15. The molecule has 1 fully saturated rings. The Kier molecular flexibility index (Phi) is 4.11. The monoisotopic (exact) mass is 237 g/mol. The van der Waals surface area contributed by atoms with E-state index < -0.39 is 0 Å². The lowest BCUT2D eigenvalue weighted by Gasteiger charge is -2.11. The van der Waals surface area contributed by atoms with Crippen molar-refractivity contribution in [3.63, 3.8) is 0 Å². The maximum Gasteiger partial charge on any atom is 0.0455 e. The quantitative estimate of drug-likeness (QED) is 0.805. The third-order valence-electron chi connectivity index (χ3n) is 3.53. The van der Waals surface area contributed by atoms with E-state index in [2.05, 4.69) is 17.4 Å². The smallest absolute Gasteiger partial charge is 0.0455 e. The number of rotatable bonds is 4. The van der Waals surface area contributed by atoms with Crippen LogP contribution in [0.5, 0.6) is 0 Å². The van der Waals surface area contributed by atoms with Crippen LogP contribution in [0.15, 0.2) is 18.2 Å². The number of nitrogens with one attached hydrogen (secondary N) is 1. The molecule has 0 aliphatic heterocycles. The van der Waals surface area contributed by atoms with Crippen molar-refractivity contribution in [2.24, 2.45) is 5.92 Å². The first-order chi connectivity index (χ1) is 7.75. The second-order valence-electron chi connectivity index (χ2n) is 4.83. The first kappa shape index (κ1) is 11.8. The lowest BCUT2D eigenvalue weighted by molar-refractivity contribution is 0.518. The van der Waals surface area contributed by atoms with E-state index in [4.69, 9.17) is 11.6 Å². The molecule has 0 heterocycles. The van der Waals surface area contributed by atoms with Gasteiger partial charge < -0.3 is 5.32 Å². The summed E-state index contributed by atoms with van der Waals surface area (Å²) in [5, 5.41) is 4.31. The summed E-state index contributed by atoms with van der Waals surface area (Å²) in [6, 6.07) is 6.20. The van der Waals surface area contributed by atoms with Gasteiger partial charge in [0.25, 0.3) is 0 Å². The number of hydrogen-bond donors (Lipinski definition) is 1. The predicted octanol–water partition coefficient (Wildman–Crippen LogP) is 4.64. The molecule has 0 unspecified atom stereocenters. The van der Waals surface area contributed by atoms with Gasteiger partial charge in [0.15, 0.2) is 0 Å². The molecule has 0 spiro atoms. The van der Waals surface area contributed by atoms with Gasteiger partial charge >= 0.3 is 0 Å². The SMILES string of the molecule is Cc1ccc(NCCC2CCCC2)cc1Cl. The second-order valence-corrected chi connectivity index (χ2v) is 5.24. The van der Waals surface area contributed by atoms with Crippen LogP contribution >= 0.6 is 11.6 Å². The molecule has 1 aliphatic carbocycles. The van der Waals surface area contributed by atoms with Gasteiger partial charge in [-0.05, 0) is 37.0 Å². The molecule has 0 saturated heterocycles. The lowest BCUT2D eigenvalue weighted by atomic mass is 10.0. The van der Waals surface area contributed by atoms with Crippen LogP contribution in [0.3, 0.4) is 0 Å². The number of anilines is 1. The maximum atomic E-state index is 6.08. The van der Waals surface area contributed by atoms with Crippen molar-refractivity contribution in [2.45, 2.75) is 39.0 Å². The van der Waals surface area contributed by atoms with Gasteiger partial charge in [-0.1, -0.05) is 43.4 Å². The minimum atomic E-state index is 0.853. The topological polar surface area (TPSA) is 12.0 Å². The van der Waals surface area contributed by atoms with Gasteiger partial charge in [0.2, 0.25) is 0 Å². The van der Waals surface area contributed by atoms with Gasteiger partial charge in [-0.15, -0.1) is 0 Å². The Balaban J connectivity index is 1.78. The average molecular weight is 238 g/mol. The van der Waals surface area contributed by atoms with E-state index in [1.54, 1.807) is 0 Å². The fourth-order valence-corrected chi connectivity index (χ4v) is 2.60. The van der Waals surface area contributed by atoms with Crippen LogP contribution < -0.4 is 5.32 Å². The average Bonchev–Trinajstić information content (AvgIpc) is 2.76. The minimum absolute atomic E-state index is 0.853. The molecule has 2 heteroatoms. The number of hydrogen-bond acceptors (Lipinski definition) is 1. The normalized spacial score (nSPS) is 16.6. The molecule has 1 aromatic rings. The Bertz CT molecular complexity index is 343. The van der Waals surface area contributed by atoms with E-state index in [0.717, 1.165) is 28.7 Å². The summed E-state index contributed by atoms with van der Waals surface area (Å²) in [5.74, 6) is 0.952. The molecule has 1 N–H and O–H groups in total.